The number of hydrogen-bond donors (Lipinski definition) is 0. The number of ether oxygens (including phenoxy) is 2. The van der Waals surface area contributed by atoms with Crippen molar-refractivity contribution in [2.75, 3.05) is 46.7 Å². The van der Waals surface area contributed by atoms with Crippen LogP contribution in [0.5, 0.6) is 11.5 Å². The summed E-state index contributed by atoms with van der Waals surface area (Å²) in [6, 6.07) is 8.02. The zero-order chi connectivity index (χ0) is 23.4. The molecule has 1 amide bonds. The number of likely N-dealkylation sites (tertiary alicyclic amines) is 1. The molecule has 1 saturated heterocycles. The minimum absolute atomic E-state index is 0.0858. The smallest absolute Gasteiger partial charge is 0.223 e. The van der Waals surface area contributed by atoms with E-state index in [0.29, 0.717) is 26.1 Å². The first-order chi connectivity index (χ1) is 15.2. The Hall–Kier alpha value is -2.87. The maximum absolute atomic E-state index is 12.0. The van der Waals surface area contributed by atoms with E-state index in [2.05, 4.69) is 11.0 Å². The lowest BCUT2D eigenvalue weighted by Crippen LogP contribution is -2.22. The number of hydrogen-bond acceptors (Lipinski definition) is 7. The molecule has 2 heterocycles. The molecule has 174 valence electrons. The van der Waals surface area contributed by atoms with E-state index < -0.39 is 0 Å². The molecular weight excluding hydrogens is 406 g/mol. The van der Waals surface area contributed by atoms with Crippen molar-refractivity contribution in [1.29, 1.82) is 0 Å². The van der Waals surface area contributed by atoms with E-state index >= 15 is 0 Å². The molecule has 0 unspecified atom stereocenters. The minimum Gasteiger partial charge on any atom is -0.493 e. The molecule has 1 aliphatic heterocycles. The van der Waals surface area contributed by atoms with Gasteiger partial charge < -0.3 is 19.3 Å². The van der Waals surface area contributed by atoms with Crippen LogP contribution in [0.4, 0.5) is 5.82 Å². The summed E-state index contributed by atoms with van der Waals surface area (Å²) in [5.41, 5.74) is 2.05. The summed E-state index contributed by atoms with van der Waals surface area (Å²) in [5, 5.41) is 0. The number of rotatable bonds is 9. The lowest BCUT2D eigenvalue weighted by atomic mass is 10.0. The predicted molar refractivity (Wildman–Crippen MR) is 125 cm³/mol. The first-order valence-electron chi connectivity index (χ1n) is 11.0. The van der Waals surface area contributed by atoms with Crippen LogP contribution in [0.25, 0.3) is 0 Å². The van der Waals surface area contributed by atoms with Gasteiger partial charge in [0.05, 0.1) is 25.5 Å². The van der Waals surface area contributed by atoms with Crippen LogP contribution in [-0.4, -0.2) is 73.6 Å². The van der Waals surface area contributed by atoms with E-state index in [4.69, 9.17) is 19.4 Å². The maximum Gasteiger partial charge on any atom is 0.223 e. The maximum atomic E-state index is 12.0. The van der Waals surface area contributed by atoms with Crippen molar-refractivity contribution in [2.24, 2.45) is 0 Å². The van der Waals surface area contributed by atoms with Gasteiger partial charge in [-0.2, -0.15) is 0 Å². The van der Waals surface area contributed by atoms with Crippen LogP contribution in [0.2, 0.25) is 0 Å². The van der Waals surface area contributed by atoms with Crippen molar-refractivity contribution in [1.82, 2.24) is 19.8 Å². The van der Waals surface area contributed by atoms with Gasteiger partial charge in [0.25, 0.3) is 0 Å². The second-order valence-electron chi connectivity index (χ2n) is 8.96. The van der Waals surface area contributed by atoms with Gasteiger partial charge in [-0.1, -0.05) is 6.07 Å². The molecule has 0 N–H and O–H groups in total. The molecule has 8 heteroatoms. The highest BCUT2D eigenvalue weighted by molar-refractivity contribution is 5.79. The Bertz CT molecular complexity index is 947. The second kappa shape index (κ2) is 10.2. The fourth-order valence-corrected chi connectivity index (χ4v) is 3.84. The highest BCUT2D eigenvalue weighted by Gasteiger charge is 2.29. The van der Waals surface area contributed by atoms with E-state index in [9.17, 15) is 4.79 Å². The van der Waals surface area contributed by atoms with Crippen molar-refractivity contribution in [3.05, 3.63) is 41.3 Å². The molecule has 0 spiro atoms. The zero-order valence-corrected chi connectivity index (χ0v) is 20.3. The van der Waals surface area contributed by atoms with Gasteiger partial charge in [0.15, 0.2) is 11.5 Å². The predicted octanol–water partition coefficient (Wildman–Crippen LogP) is 2.92. The van der Waals surface area contributed by atoms with Gasteiger partial charge in [0.2, 0.25) is 5.91 Å². The molecule has 0 bridgehead atoms. The van der Waals surface area contributed by atoms with E-state index in [-0.39, 0.29) is 17.9 Å². The Morgan fingerprint density at radius 1 is 1.12 bits per heavy atom. The molecule has 1 aromatic carbocycles. The topological polar surface area (TPSA) is 71.0 Å². The average molecular weight is 442 g/mol. The Morgan fingerprint density at radius 2 is 1.88 bits per heavy atom. The molecule has 0 radical (unpaired) electrons. The molecule has 1 aromatic heterocycles. The van der Waals surface area contributed by atoms with Crippen molar-refractivity contribution in [3.63, 3.8) is 0 Å². The van der Waals surface area contributed by atoms with Crippen molar-refractivity contribution < 1.29 is 14.3 Å². The van der Waals surface area contributed by atoms with Crippen LogP contribution in [0.15, 0.2) is 24.3 Å². The summed E-state index contributed by atoms with van der Waals surface area (Å²) < 4.78 is 11.3. The van der Waals surface area contributed by atoms with Crippen LogP contribution >= 0.6 is 0 Å². The van der Waals surface area contributed by atoms with Crippen LogP contribution in [0.3, 0.4) is 0 Å². The third-order valence-corrected chi connectivity index (χ3v) is 5.45. The first-order valence-corrected chi connectivity index (χ1v) is 11.0. The summed E-state index contributed by atoms with van der Waals surface area (Å²) >= 11 is 0. The largest absolute Gasteiger partial charge is 0.493 e. The van der Waals surface area contributed by atoms with E-state index in [0.717, 1.165) is 34.4 Å². The Labute approximate surface area is 191 Å². The van der Waals surface area contributed by atoms with E-state index in [1.54, 1.807) is 12.0 Å². The standard InChI is InChI=1S/C24H35N5O3/c1-16(2)32-20-9-8-17(10-21(20)31-7)13-28(5)15-22-25-19(12-23(26-22)27(3)4)18-11-24(30)29(6)14-18/h8-10,12,16,18H,11,13-15H2,1-7H3/t18-/m1/s1. The number of carbonyl (C=O) groups is 1. The number of anilines is 1. The highest BCUT2D eigenvalue weighted by Crippen LogP contribution is 2.30. The van der Waals surface area contributed by atoms with Crippen molar-refractivity contribution >= 4 is 11.7 Å². The van der Waals surface area contributed by atoms with Gasteiger partial charge in [-0.15, -0.1) is 0 Å². The number of likely N-dealkylation sites (N-methyl/N-ethyl adjacent to an activating group) is 1. The quantitative estimate of drug-likeness (QED) is 0.592. The average Bonchev–Trinajstić information content (AvgIpc) is 3.07. The highest BCUT2D eigenvalue weighted by atomic mass is 16.5. The zero-order valence-electron chi connectivity index (χ0n) is 20.3. The molecule has 8 nitrogen and oxygen atoms in total. The number of nitrogens with zero attached hydrogens (tertiary/aromatic N) is 5. The summed E-state index contributed by atoms with van der Waals surface area (Å²) in [7, 11) is 9.49. The molecule has 32 heavy (non-hydrogen) atoms. The Kier molecular flexibility index (Phi) is 7.56. The molecule has 3 rings (SSSR count). The van der Waals surface area contributed by atoms with Crippen LogP contribution in [-0.2, 0) is 17.9 Å². The van der Waals surface area contributed by atoms with Crippen LogP contribution in [0.1, 0.15) is 43.3 Å². The molecule has 1 atom stereocenters. The van der Waals surface area contributed by atoms with Gasteiger partial charge in [-0.3, -0.25) is 9.69 Å². The van der Waals surface area contributed by atoms with Gasteiger partial charge >= 0.3 is 0 Å². The Morgan fingerprint density at radius 3 is 2.47 bits per heavy atom. The summed E-state index contributed by atoms with van der Waals surface area (Å²) in [6.07, 6.45) is 0.586. The lowest BCUT2D eigenvalue weighted by Gasteiger charge is -2.20. The monoisotopic (exact) mass is 441 g/mol. The molecule has 1 fully saturated rings. The number of amides is 1. The normalized spacial score (nSPS) is 16.2. The van der Waals surface area contributed by atoms with Gasteiger partial charge in [-0.25, -0.2) is 9.97 Å². The van der Waals surface area contributed by atoms with Gasteiger partial charge in [-0.05, 0) is 38.6 Å². The summed E-state index contributed by atoms with van der Waals surface area (Å²) in [6.45, 7) is 6.00. The van der Waals surface area contributed by atoms with Crippen LogP contribution in [0, 0.1) is 0 Å². The summed E-state index contributed by atoms with van der Waals surface area (Å²) in [4.78, 5) is 27.5. The number of aromatic nitrogens is 2. The van der Waals surface area contributed by atoms with Crippen LogP contribution < -0.4 is 14.4 Å². The van der Waals surface area contributed by atoms with Gasteiger partial charge in [0.1, 0.15) is 11.6 Å². The number of methoxy groups -OCH3 is 1. The number of benzene rings is 1. The second-order valence-corrected chi connectivity index (χ2v) is 8.96. The first kappa shape index (κ1) is 23.8. The lowest BCUT2D eigenvalue weighted by molar-refractivity contribution is -0.126. The molecule has 0 aliphatic carbocycles. The molecule has 2 aromatic rings. The fourth-order valence-electron chi connectivity index (χ4n) is 3.84. The van der Waals surface area contributed by atoms with Gasteiger partial charge in [0, 0.05) is 52.6 Å². The van der Waals surface area contributed by atoms with E-state index in [1.807, 2.05) is 65.1 Å². The van der Waals surface area contributed by atoms with Crippen molar-refractivity contribution in [3.8, 4) is 11.5 Å². The third-order valence-electron chi connectivity index (χ3n) is 5.45. The Balaban J connectivity index is 1.75. The summed E-state index contributed by atoms with van der Waals surface area (Å²) in [5.74, 6) is 3.36. The fraction of sp³-hybridized carbons (Fsp3) is 0.542. The van der Waals surface area contributed by atoms with Crippen molar-refractivity contribution in [2.45, 2.75) is 45.4 Å². The number of carbonyl (C=O) groups excluding carboxylic acids is 1. The SMILES string of the molecule is COc1cc(CN(C)Cc2nc([C@@H]3CC(=O)N(C)C3)cc(N(C)C)n2)ccc1OC(C)C. The molecular formula is C24H35N5O3. The molecule has 0 saturated carbocycles. The molecule has 1 aliphatic rings. The minimum atomic E-state index is 0.0858. The third kappa shape index (κ3) is 5.88. The van der Waals surface area contributed by atoms with E-state index in [1.165, 1.54) is 0 Å².